The highest BCUT2D eigenvalue weighted by molar-refractivity contribution is 5.98. The molecule has 26 heavy (non-hydrogen) atoms. The van der Waals surface area contributed by atoms with Gasteiger partial charge in [0.05, 0.1) is 13.4 Å². The Hall–Kier alpha value is -2.23. The molecule has 140 valence electrons. The summed E-state index contributed by atoms with van der Waals surface area (Å²) in [6, 6.07) is 2.34. The number of allylic oxidation sites excluding steroid dienone is 1. The summed E-state index contributed by atoms with van der Waals surface area (Å²) in [7, 11) is 1.66. The van der Waals surface area contributed by atoms with Crippen LogP contribution in [0.4, 0.5) is 0 Å². The first-order valence-corrected chi connectivity index (χ1v) is 9.47. The lowest BCUT2D eigenvalue weighted by molar-refractivity contribution is -0.117. The van der Waals surface area contributed by atoms with Gasteiger partial charge in [0.2, 0.25) is 5.91 Å². The summed E-state index contributed by atoms with van der Waals surface area (Å²) in [6.45, 7) is 8.20. The van der Waals surface area contributed by atoms with Crippen molar-refractivity contribution in [3.05, 3.63) is 35.1 Å². The molecule has 0 saturated heterocycles. The van der Waals surface area contributed by atoms with Crippen molar-refractivity contribution in [2.45, 2.75) is 59.4 Å². The summed E-state index contributed by atoms with van der Waals surface area (Å²) in [6.07, 6.45) is 8.18. The van der Waals surface area contributed by atoms with Gasteiger partial charge in [-0.1, -0.05) is 19.8 Å². The first-order valence-electron chi connectivity index (χ1n) is 9.47. The molecule has 1 N–H and O–H groups in total. The van der Waals surface area contributed by atoms with Crippen LogP contribution in [0, 0.1) is 19.8 Å². The number of rotatable bonds is 4. The van der Waals surface area contributed by atoms with E-state index in [2.05, 4.69) is 18.3 Å². The van der Waals surface area contributed by atoms with E-state index >= 15 is 0 Å². The number of methoxy groups -OCH3 is 1. The molecule has 0 spiro atoms. The van der Waals surface area contributed by atoms with Crippen molar-refractivity contribution in [3.8, 4) is 5.75 Å². The number of furan rings is 1. The molecule has 2 atom stereocenters. The summed E-state index contributed by atoms with van der Waals surface area (Å²) in [5.74, 6) is 1.28. The van der Waals surface area contributed by atoms with Crippen LogP contribution in [0.3, 0.4) is 0 Å². The molecule has 0 aliphatic heterocycles. The highest BCUT2D eigenvalue weighted by Gasteiger charge is 2.22. The van der Waals surface area contributed by atoms with Gasteiger partial charge in [-0.15, -0.1) is 0 Å². The minimum Gasteiger partial charge on any atom is -0.496 e. The predicted molar refractivity (Wildman–Crippen MR) is 105 cm³/mol. The molecule has 2 unspecified atom stereocenters. The van der Waals surface area contributed by atoms with E-state index < -0.39 is 0 Å². The fourth-order valence-corrected chi connectivity index (χ4v) is 4.02. The molecular formula is C22H29NO3. The van der Waals surface area contributed by atoms with Crippen molar-refractivity contribution in [1.82, 2.24) is 5.32 Å². The zero-order chi connectivity index (χ0) is 18.8. The molecule has 1 aliphatic carbocycles. The Kier molecular flexibility index (Phi) is 5.40. The number of carbonyl (C=O) groups excluding carboxylic acids is 1. The molecule has 4 heteroatoms. The van der Waals surface area contributed by atoms with Crippen LogP contribution in [-0.2, 0) is 4.79 Å². The van der Waals surface area contributed by atoms with Gasteiger partial charge in [-0.05, 0) is 56.7 Å². The van der Waals surface area contributed by atoms with Crippen molar-refractivity contribution in [3.63, 3.8) is 0 Å². The van der Waals surface area contributed by atoms with Crippen LogP contribution in [0.15, 0.2) is 22.8 Å². The molecular weight excluding hydrogens is 326 g/mol. The van der Waals surface area contributed by atoms with Crippen LogP contribution >= 0.6 is 0 Å². The molecule has 1 heterocycles. The Morgan fingerprint density at radius 2 is 2.04 bits per heavy atom. The molecule has 3 rings (SSSR count). The van der Waals surface area contributed by atoms with Crippen molar-refractivity contribution in [1.29, 1.82) is 0 Å². The van der Waals surface area contributed by atoms with Gasteiger partial charge in [0.1, 0.15) is 11.3 Å². The van der Waals surface area contributed by atoms with E-state index in [4.69, 9.17) is 9.15 Å². The van der Waals surface area contributed by atoms with Gasteiger partial charge in [-0.3, -0.25) is 4.79 Å². The molecule has 1 amide bonds. The fraction of sp³-hybridized carbons (Fsp3) is 0.500. The Morgan fingerprint density at radius 3 is 2.73 bits per heavy atom. The monoisotopic (exact) mass is 355 g/mol. The summed E-state index contributed by atoms with van der Waals surface area (Å²) in [5.41, 5.74) is 4.72. The van der Waals surface area contributed by atoms with Crippen LogP contribution in [0.5, 0.6) is 5.75 Å². The third kappa shape index (κ3) is 3.50. The van der Waals surface area contributed by atoms with Gasteiger partial charge >= 0.3 is 0 Å². The van der Waals surface area contributed by atoms with Gasteiger partial charge in [0, 0.05) is 28.6 Å². The zero-order valence-electron chi connectivity index (χ0n) is 16.4. The Morgan fingerprint density at radius 1 is 1.31 bits per heavy atom. The maximum absolute atomic E-state index is 12.6. The topological polar surface area (TPSA) is 51.5 Å². The predicted octanol–water partition coefficient (Wildman–Crippen LogP) is 5.16. The minimum absolute atomic E-state index is 0.0232. The number of aryl methyl sites for hydroxylation is 2. The summed E-state index contributed by atoms with van der Waals surface area (Å²) in [4.78, 5) is 12.6. The van der Waals surface area contributed by atoms with Crippen molar-refractivity contribution in [2.24, 2.45) is 5.92 Å². The third-order valence-corrected chi connectivity index (χ3v) is 5.65. The third-order valence-electron chi connectivity index (χ3n) is 5.65. The van der Waals surface area contributed by atoms with Gasteiger partial charge in [-0.2, -0.15) is 0 Å². The van der Waals surface area contributed by atoms with Crippen LogP contribution in [0.25, 0.3) is 16.5 Å². The largest absolute Gasteiger partial charge is 0.496 e. The quantitative estimate of drug-likeness (QED) is 0.771. The number of hydrogen-bond acceptors (Lipinski definition) is 3. The number of fused-ring (bicyclic) bond motifs is 1. The second kappa shape index (κ2) is 7.56. The van der Waals surface area contributed by atoms with Gasteiger partial charge in [-0.25, -0.2) is 0 Å². The SMILES string of the molecule is COc1c(/C(C)=C/C(=O)NC2CCCCC2C)cc2c(C)coc2c1C. The maximum Gasteiger partial charge on any atom is 0.244 e. The standard InChI is InChI=1S/C22H29NO3/c1-13-8-6-7-9-19(13)23-20(24)10-14(2)17-11-18-15(3)12-26-22(18)16(4)21(17)25-5/h10-13,19H,6-9H2,1-5H3,(H,23,24)/b14-10+. The lowest BCUT2D eigenvalue weighted by atomic mass is 9.86. The van der Waals surface area contributed by atoms with E-state index in [9.17, 15) is 4.79 Å². The van der Waals surface area contributed by atoms with E-state index in [1.54, 1.807) is 19.4 Å². The zero-order valence-corrected chi connectivity index (χ0v) is 16.4. The Labute approximate surface area is 155 Å². The Balaban J connectivity index is 1.90. The molecule has 4 nitrogen and oxygen atoms in total. The minimum atomic E-state index is -0.0232. The summed E-state index contributed by atoms with van der Waals surface area (Å²) < 4.78 is 11.3. The van der Waals surface area contributed by atoms with Crippen LogP contribution in [0.2, 0.25) is 0 Å². The van der Waals surface area contributed by atoms with Gasteiger partial charge < -0.3 is 14.5 Å². The van der Waals surface area contributed by atoms with Crippen molar-refractivity contribution in [2.75, 3.05) is 7.11 Å². The van der Waals surface area contributed by atoms with E-state index in [1.807, 2.05) is 20.8 Å². The van der Waals surface area contributed by atoms with E-state index in [0.717, 1.165) is 45.4 Å². The molecule has 1 aliphatic rings. The molecule has 1 fully saturated rings. The van der Waals surface area contributed by atoms with Crippen LogP contribution in [-0.4, -0.2) is 19.1 Å². The van der Waals surface area contributed by atoms with E-state index in [1.165, 1.54) is 19.3 Å². The lowest BCUT2D eigenvalue weighted by Crippen LogP contribution is -2.40. The number of ether oxygens (including phenoxy) is 1. The fourth-order valence-electron chi connectivity index (χ4n) is 4.02. The maximum atomic E-state index is 12.6. The highest BCUT2D eigenvalue weighted by atomic mass is 16.5. The average molecular weight is 355 g/mol. The van der Waals surface area contributed by atoms with Gasteiger partial charge in [0.25, 0.3) is 0 Å². The number of nitrogens with one attached hydrogen (secondary N) is 1. The lowest BCUT2D eigenvalue weighted by Gasteiger charge is -2.29. The Bertz CT molecular complexity index is 847. The second-order valence-electron chi connectivity index (χ2n) is 7.58. The molecule has 1 aromatic heterocycles. The second-order valence-corrected chi connectivity index (χ2v) is 7.58. The van der Waals surface area contributed by atoms with Crippen LogP contribution in [0.1, 0.15) is 56.2 Å². The summed E-state index contributed by atoms with van der Waals surface area (Å²) >= 11 is 0. The first kappa shape index (κ1) is 18.6. The highest BCUT2D eigenvalue weighted by Crippen LogP contribution is 2.37. The smallest absolute Gasteiger partial charge is 0.244 e. The molecule has 2 aromatic rings. The first-order chi connectivity index (χ1) is 12.4. The molecule has 0 bridgehead atoms. The van der Waals surface area contributed by atoms with Gasteiger partial charge in [0.15, 0.2) is 0 Å². The van der Waals surface area contributed by atoms with E-state index in [-0.39, 0.29) is 11.9 Å². The number of carbonyl (C=O) groups is 1. The molecule has 1 aromatic carbocycles. The normalized spacial score (nSPS) is 21.0. The summed E-state index contributed by atoms with van der Waals surface area (Å²) in [5, 5.41) is 4.25. The number of amides is 1. The molecule has 0 radical (unpaired) electrons. The number of benzene rings is 1. The van der Waals surface area contributed by atoms with Crippen molar-refractivity contribution < 1.29 is 13.9 Å². The van der Waals surface area contributed by atoms with E-state index in [0.29, 0.717) is 5.92 Å². The average Bonchev–Trinajstić information content (AvgIpc) is 2.98. The van der Waals surface area contributed by atoms with Crippen LogP contribution < -0.4 is 10.1 Å². The number of hydrogen-bond donors (Lipinski definition) is 1. The van der Waals surface area contributed by atoms with Crippen molar-refractivity contribution >= 4 is 22.4 Å². The molecule has 1 saturated carbocycles.